The van der Waals surface area contributed by atoms with E-state index in [0.717, 1.165) is 32.4 Å². The van der Waals surface area contributed by atoms with Crippen molar-refractivity contribution >= 4 is 11.8 Å². The van der Waals surface area contributed by atoms with Crippen molar-refractivity contribution in [3.8, 4) is 0 Å². The topological polar surface area (TPSA) is 75.4 Å². The van der Waals surface area contributed by atoms with E-state index in [-0.39, 0.29) is 23.9 Å². The minimum atomic E-state index is 0.00623. The van der Waals surface area contributed by atoms with Gasteiger partial charge in [-0.15, -0.1) is 0 Å². The van der Waals surface area contributed by atoms with E-state index in [1.165, 1.54) is 6.92 Å². The normalized spacial score (nSPS) is 18.9. The number of piperidine rings is 1. The van der Waals surface area contributed by atoms with Crippen molar-refractivity contribution in [2.75, 3.05) is 13.1 Å². The molecule has 0 bridgehead atoms. The molecular formula is C12H23N3O2. The van der Waals surface area contributed by atoms with E-state index in [1.54, 1.807) is 0 Å². The van der Waals surface area contributed by atoms with Crippen LogP contribution in [0.5, 0.6) is 0 Å². The predicted octanol–water partition coefficient (Wildman–Crippen LogP) is 0.241. The second-order valence-electron chi connectivity index (χ2n) is 4.87. The van der Waals surface area contributed by atoms with Crippen LogP contribution in [0.25, 0.3) is 0 Å². The zero-order chi connectivity index (χ0) is 12.8. The van der Waals surface area contributed by atoms with E-state index in [9.17, 15) is 9.59 Å². The first-order valence-electron chi connectivity index (χ1n) is 6.29. The summed E-state index contributed by atoms with van der Waals surface area (Å²) in [5.41, 5.74) is 5.63. The fraction of sp³-hybridized carbons (Fsp3) is 0.833. The standard InChI is InChI=1S/C12H23N3O2/c1-9(13)3-4-12(17)15-7-5-11(6-8-15)14-10(2)16/h9,11H,3-8,13H2,1-2H3,(H,14,16). The molecule has 3 N–H and O–H groups in total. The van der Waals surface area contributed by atoms with Crippen molar-refractivity contribution in [1.29, 1.82) is 0 Å². The molecule has 1 heterocycles. The van der Waals surface area contributed by atoms with Crippen molar-refractivity contribution in [2.24, 2.45) is 5.73 Å². The second-order valence-corrected chi connectivity index (χ2v) is 4.87. The summed E-state index contributed by atoms with van der Waals surface area (Å²) >= 11 is 0. The van der Waals surface area contributed by atoms with Crippen LogP contribution in [0.1, 0.15) is 39.5 Å². The molecule has 1 saturated heterocycles. The van der Waals surface area contributed by atoms with Crippen molar-refractivity contribution in [2.45, 2.75) is 51.6 Å². The van der Waals surface area contributed by atoms with E-state index >= 15 is 0 Å². The Morgan fingerprint density at radius 2 is 2.00 bits per heavy atom. The first kappa shape index (κ1) is 14.0. The Hall–Kier alpha value is -1.10. The second kappa shape index (κ2) is 6.59. The van der Waals surface area contributed by atoms with Crippen LogP contribution in [0.15, 0.2) is 0 Å². The van der Waals surface area contributed by atoms with E-state index in [1.807, 2.05) is 11.8 Å². The maximum Gasteiger partial charge on any atom is 0.222 e. The van der Waals surface area contributed by atoms with Crippen LogP contribution in [0.4, 0.5) is 0 Å². The van der Waals surface area contributed by atoms with Gasteiger partial charge in [-0.2, -0.15) is 0 Å². The number of nitrogens with one attached hydrogen (secondary N) is 1. The highest BCUT2D eigenvalue weighted by atomic mass is 16.2. The number of carbonyl (C=O) groups excluding carboxylic acids is 2. The van der Waals surface area contributed by atoms with Gasteiger partial charge in [-0.25, -0.2) is 0 Å². The van der Waals surface area contributed by atoms with E-state index in [0.29, 0.717) is 6.42 Å². The van der Waals surface area contributed by atoms with Gasteiger partial charge in [0.25, 0.3) is 0 Å². The van der Waals surface area contributed by atoms with Crippen LogP contribution >= 0.6 is 0 Å². The number of rotatable bonds is 4. The van der Waals surface area contributed by atoms with Crippen LogP contribution < -0.4 is 11.1 Å². The molecule has 1 aliphatic heterocycles. The SMILES string of the molecule is CC(=O)NC1CCN(C(=O)CCC(C)N)CC1. The predicted molar refractivity (Wildman–Crippen MR) is 66.3 cm³/mol. The third kappa shape index (κ3) is 5.17. The summed E-state index contributed by atoms with van der Waals surface area (Å²) in [5, 5.41) is 2.89. The molecule has 5 heteroatoms. The lowest BCUT2D eigenvalue weighted by Gasteiger charge is -2.32. The lowest BCUT2D eigenvalue weighted by molar-refractivity contribution is -0.132. The van der Waals surface area contributed by atoms with Crippen LogP contribution in [0.3, 0.4) is 0 Å². The van der Waals surface area contributed by atoms with Gasteiger partial charge in [0.05, 0.1) is 0 Å². The highest BCUT2D eigenvalue weighted by molar-refractivity contribution is 5.76. The van der Waals surface area contributed by atoms with Crippen molar-refractivity contribution in [3.05, 3.63) is 0 Å². The Labute approximate surface area is 103 Å². The summed E-state index contributed by atoms with van der Waals surface area (Å²) in [6.45, 7) is 4.92. The van der Waals surface area contributed by atoms with Gasteiger partial charge < -0.3 is 16.0 Å². The van der Waals surface area contributed by atoms with Crippen LogP contribution in [-0.4, -0.2) is 41.9 Å². The average molecular weight is 241 g/mol. The van der Waals surface area contributed by atoms with Crippen LogP contribution in [0, 0.1) is 0 Å². The molecule has 1 atom stereocenters. The number of carbonyl (C=O) groups is 2. The van der Waals surface area contributed by atoms with E-state index in [4.69, 9.17) is 5.73 Å². The minimum absolute atomic E-state index is 0.00623. The Morgan fingerprint density at radius 1 is 1.41 bits per heavy atom. The van der Waals surface area contributed by atoms with Crippen molar-refractivity contribution in [1.82, 2.24) is 10.2 Å². The van der Waals surface area contributed by atoms with Gasteiger partial charge in [-0.1, -0.05) is 0 Å². The molecule has 1 fully saturated rings. The molecule has 1 unspecified atom stereocenters. The van der Waals surface area contributed by atoms with Crippen molar-refractivity contribution < 1.29 is 9.59 Å². The number of amides is 2. The third-order valence-electron chi connectivity index (χ3n) is 3.07. The largest absolute Gasteiger partial charge is 0.353 e. The zero-order valence-corrected chi connectivity index (χ0v) is 10.7. The van der Waals surface area contributed by atoms with Gasteiger partial charge in [0.15, 0.2) is 0 Å². The Kier molecular flexibility index (Phi) is 5.41. The summed E-state index contributed by atoms with van der Waals surface area (Å²) < 4.78 is 0. The lowest BCUT2D eigenvalue weighted by Crippen LogP contribution is -2.46. The summed E-state index contributed by atoms with van der Waals surface area (Å²) in [5.74, 6) is 0.190. The molecule has 2 amide bonds. The maximum absolute atomic E-state index is 11.8. The average Bonchev–Trinajstić information content (AvgIpc) is 2.26. The maximum atomic E-state index is 11.8. The smallest absolute Gasteiger partial charge is 0.222 e. The molecule has 1 rings (SSSR count). The molecule has 0 aromatic heterocycles. The molecule has 0 saturated carbocycles. The minimum Gasteiger partial charge on any atom is -0.353 e. The molecule has 17 heavy (non-hydrogen) atoms. The van der Waals surface area contributed by atoms with Gasteiger partial charge in [0, 0.05) is 38.5 Å². The first-order valence-corrected chi connectivity index (χ1v) is 6.29. The Balaban J connectivity index is 2.26. The molecule has 98 valence electrons. The number of hydrogen-bond acceptors (Lipinski definition) is 3. The first-order chi connectivity index (χ1) is 7.99. The summed E-state index contributed by atoms with van der Waals surface area (Å²) in [6.07, 6.45) is 2.97. The Bertz CT molecular complexity index is 271. The molecule has 0 radical (unpaired) electrons. The molecular weight excluding hydrogens is 218 g/mol. The molecule has 0 aliphatic carbocycles. The summed E-state index contributed by atoms with van der Waals surface area (Å²) in [7, 11) is 0. The van der Waals surface area contributed by atoms with Gasteiger partial charge in [0.1, 0.15) is 0 Å². The van der Waals surface area contributed by atoms with E-state index in [2.05, 4.69) is 5.32 Å². The Morgan fingerprint density at radius 3 is 2.47 bits per heavy atom. The van der Waals surface area contributed by atoms with Crippen LogP contribution in [-0.2, 0) is 9.59 Å². The van der Waals surface area contributed by atoms with Gasteiger partial charge in [-0.3, -0.25) is 9.59 Å². The molecule has 1 aliphatic rings. The van der Waals surface area contributed by atoms with Gasteiger partial charge in [0.2, 0.25) is 11.8 Å². The number of likely N-dealkylation sites (tertiary alicyclic amines) is 1. The fourth-order valence-corrected chi connectivity index (χ4v) is 2.07. The lowest BCUT2D eigenvalue weighted by atomic mass is 10.0. The zero-order valence-electron chi connectivity index (χ0n) is 10.7. The third-order valence-corrected chi connectivity index (χ3v) is 3.07. The van der Waals surface area contributed by atoms with Crippen LogP contribution in [0.2, 0.25) is 0 Å². The number of nitrogens with two attached hydrogens (primary N) is 1. The van der Waals surface area contributed by atoms with E-state index < -0.39 is 0 Å². The summed E-state index contributed by atoms with van der Waals surface area (Å²) in [6, 6.07) is 0.306. The summed E-state index contributed by atoms with van der Waals surface area (Å²) in [4.78, 5) is 24.6. The number of nitrogens with zero attached hydrogens (tertiary/aromatic N) is 1. The van der Waals surface area contributed by atoms with Crippen molar-refractivity contribution in [3.63, 3.8) is 0 Å². The highest BCUT2D eigenvalue weighted by Crippen LogP contribution is 2.12. The molecule has 0 spiro atoms. The van der Waals surface area contributed by atoms with Gasteiger partial charge in [-0.05, 0) is 26.2 Å². The number of hydrogen-bond donors (Lipinski definition) is 2. The fourth-order valence-electron chi connectivity index (χ4n) is 2.07. The molecule has 0 aromatic carbocycles. The van der Waals surface area contributed by atoms with Gasteiger partial charge >= 0.3 is 0 Å². The quantitative estimate of drug-likeness (QED) is 0.740. The molecule has 0 aromatic rings. The molecule has 5 nitrogen and oxygen atoms in total. The monoisotopic (exact) mass is 241 g/mol. The highest BCUT2D eigenvalue weighted by Gasteiger charge is 2.22.